The molecule has 88 valence electrons. The van der Waals surface area contributed by atoms with Gasteiger partial charge in [0.05, 0.1) is 0 Å². The Morgan fingerprint density at radius 1 is 1.44 bits per heavy atom. The molecule has 1 aromatic rings. The molecule has 1 fully saturated rings. The van der Waals surface area contributed by atoms with Gasteiger partial charge in [0.1, 0.15) is 0 Å². The Morgan fingerprint density at radius 3 is 2.88 bits per heavy atom. The molecule has 3 nitrogen and oxygen atoms in total. The Hall–Kier alpha value is -0.930. The highest BCUT2D eigenvalue weighted by atomic mass is 15.1. The van der Waals surface area contributed by atoms with Crippen molar-refractivity contribution in [2.75, 3.05) is 19.6 Å². The van der Waals surface area contributed by atoms with Crippen molar-refractivity contribution >= 4 is 0 Å². The van der Waals surface area contributed by atoms with Crippen LogP contribution in [0.25, 0.3) is 0 Å². The van der Waals surface area contributed by atoms with Crippen LogP contribution in [-0.2, 0) is 6.54 Å². The minimum atomic E-state index is 0.663. The molecule has 1 aliphatic heterocycles. The first-order valence-electron chi connectivity index (χ1n) is 6.11. The van der Waals surface area contributed by atoms with E-state index in [1.165, 1.54) is 18.5 Å². The molecule has 0 aromatic carbocycles. The molecule has 2 unspecified atom stereocenters. The van der Waals surface area contributed by atoms with Gasteiger partial charge in [-0.25, -0.2) is 0 Å². The number of aromatic nitrogens is 1. The Bertz CT molecular complexity index is 312. The van der Waals surface area contributed by atoms with E-state index in [-0.39, 0.29) is 0 Å². The fraction of sp³-hybridized carbons (Fsp3) is 0.615. The molecular formula is C13H21N3. The third-order valence-electron chi connectivity index (χ3n) is 3.66. The standard InChI is InChI=1S/C13H21N3/c1-11-4-7-16(10-13(11)8-14)9-12-2-5-15-6-3-12/h2-3,5-6,11,13H,4,7-10,14H2,1H3. The Kier molecular flexibility index (Phi) is 3.91. The topological polar surface area (TPSA) is 42.2 Å². The minimum Gasteiger partial charge on any atom is -0.330 e. The summed E-state index contributed by atoms with van der Waals surface area (Å²) < 4.78 is 0. The van der Waals surface area contributed by atoms with Crippen molar-refractivity contribution in [1.82, 2.24) is 9.88 Å². The largest absolute Gasteiger partial charge is 0.330 e. The van der Waals surface area contributed by atoms with Gasteiger partial charge in [0.25, 0.3) is 0 Å². The number of hydrogen-bond acceptors (Lipinski definition) is 3. The van der Waals surface area contributed by atoms with Crippen LogP contribution < -0.4 is 5.73 Å². The first-order chi connectivity index (χ1) is 7.79. The minimum absolute atomic E-state index is 0.663. The van der Waals surface area contributed by atoms with E-state index in [0.29, 0.717) is 5.92 Å². The fourth-order valence-electron chi connectivity index (χ4n) is 2.42. The molecule has 16 heavy (non-hydrogen) atoms. The summed E-state index contributed by atoms with van der Waals surface area (Å²) in [5.74, 6) is 1.44. The molecule has 0 saturated carbocycles. The van der Waals surface area contributed by atoms with Crippen LogP contribution in [-0.4, -0.2) is 29.5 Å². The zero-order valence-electron chi connectivity index (χ0n) is 9.97. The van der Waals surface area contributed by atoms with E-state index in [0.717, 1.165) is 25.6 Å². The Balaban J connectivity index is 1.92. The van der Waals surface area contributed by atoms with Gasteiger partial charge in [-0.1, -0.05) is 6.92 Å². The Labute approximate surface area is 97.7 Å². The van der Waals surface area contributed by atoms with Crippen LogP contribution in [0.5, 0.6) is 0 Å². The summed E-state index contributed by atoms with van der Waals surface area (Å²) in [6.07, 6.45) is 5.00. The maximum Gasteiger partial charge on any atom is 0.0271 e. The van der Waals surface area contributed by atoms with E-state index in [1.54, 1.807) is 0 Å². The van der Waals surface area contributed by atoms with Crippen LogP contribution in [0, 0.1) is 11.8 Å². The van der Waals surface area contributed by atoms with E-state index >= 15 is 0 Å². The normalized spacial score (nSPS) is 26.9. The van der Waals surface area contributed by atoms with Gasteiger partial charge in [0.2, 0.25) is 0 Å². The lowest BCUT2D eigenvalue weighted by Gasteiger charge is -2.36. The van der Waals surface area contributed by atoms with Gasteiger partial charge in [-0.2, -0.15) is 0 Å². The number of piperidine rings is 1. The lowest BCUT2D eigenvalue weighted by molar-refractivity contribution is 0.126. The number of likely N-dealkylation sites (tertiary alicyclic amines) is 1. The molecule has 0 aliphatic carbocycles. The van der Waals surface area contributed by atoms with Crippen LogP contribution >= 0.6 is 0 Å². The average molecular weight is 219 g/mol. The summed E-state index contributed by atoms with van der Waals surface area (Å²) in [6, 6.07) is 4.19. The van der Waals surface area contributed by atoms with Crippen LogP contribution in [0.2, 0.25) is 0 Å². The smallest absolute Gasteiger partial charge is 0.0271 e. The van der Waals surface area contributed by atoms with Crippen LogP contribution in [0.3, 0.4) is 0 Å². The highest BCUT2D eigenvalue weighted by Crippen LogP contribution is 2.23. The highest BCUT2D eigenvalue weighted by Gasteiger charge is 2.24. The molecule has 1 aliphatic rings. The first kappa shape index (κ1) is 11.6. The monoisotopic (exact) mass is 219 g/mol. The number of nitrogens with two attached hydrogens (primary N) is 1. The van der Waals surface area contributed by atoms with E-state index in [4.69, 9.17) is 5.73 Å². The number of hydrogen-bond donors (Lipinski definition) is 1. The van der Waals surface area contributed by atoms with Crippen LogP contribution in [0.15, 0.2) is 24.5 Å². The van der Waals surface area contributed by atoms with Crippen molar-refractivity contribution < 1.29 is 0 Å². The maximum atomic E-state index is 5.81. The van der Waals surface area contributed by atoms with Gasteiger partial charge in [0, 0.05) is 25.5 Å². The summed E-state index contributed by atoms with van der Waals surface area (Å²) in [6.45, 7) is 6.50. The molecule has 0 bridgehead atoms. The predicted octanol–water partition coefficient (Wildman–Crippen LogP) is 1.50. The lowest BCUT2D eigenvalue weighted by Crippen LogP contribution is -2.42. The van der Waals surface area contributed by atoms with Crippen molar-refractivity contribution in [3.8, 4) is 0 Å². The maximum absolute atomic E-state index is 5.81. The second-order valence-corrected chi connectivity index (χ2v) is 4.85. The SMILES string of the molecule is CC1CCN(Cc2ccncc2)CC1CN. The summed E-state index contributed by atoms with van der Waals surface area (Å²) in [5, 5.41) is 0. The van der Waals surface area contributed by atoms with Crippen molar-refractivity contribution in [3.63, 3.8) is 0 Å². The molecular weight excluding hydrogens is 198 g/mol. The van der Waals surface area contributed by atoms with Gasteiger partial charge in [-0.05, 0) is 49.0 Å². The summed E-state index contributed by atoms with van der Waals surface area (Å²) in [4.78, 5) is 6.55. The van der Waals surface area contributed by atoms with E-state index in [9.17, 15) is 0 Å². The lowest BCUT2D eigenvalue weighted by atomic mass is 9.87. The van der Waals surface area contributed by atoms with Gasteiger partial charge in [-0.3, -0.25) is 9.88 Å². The molecule has 0 amide bonds. The van der Waals surface area contributed by atoms with Crippen molar-refractivity contribution in [1.29, 1.82) is 0 Å². The number of pyridine rings is 1. The van der Waals surface area contributed by atoms with Crippen molar-refractivity contribution in [3.05, 3.63) is 30.1 Å². The molecule has 2 heterocycles. The number of rotatable bonds is 3. The molecule has 0 radical (unpaired) electrons. The summed E-state index contributed by atoms with van der Waals surface area (Å²) >= 11 is 0. The van der Waals surface area contributed by atoms with Crippen molar-refractivity contribution in [2.45, 2.75) is 19.9 Å². The zero-order chi connectivity index (χ0) is 11.4. The second-order valence-electron chi connectivity index (χ2n) is 4.85. The molecule has 0 spiro atoms. The van der Waals surface area contributed by atoms with Crippen molar-refractivity contribution in [2.24, 2.45) is 17.6 Å². The van der Waals surface area contributed by atoms with Crippen LogP contribution in [0.4, 0.5) is 0 Å². The van der Waals surface area contributed by atoms with Gasteiger partial charge >= 0.3 is 0 Å². The molecule has 1 aromatic heterocycles. The molecule has 1 saturated heterocycles. The van der Waals surface area contributed by atoms with E-state index in [1.807, 2.05) is 12.4 Å². The van der Waals surface area contributed by atoms with Gasteiger partial charge < -0.3 is 5.73 Å². The first-order valence-corrected chi connectivity index (χ1v) is 6.11. The molecule has 2 rings (SSSR count). The predicted molar refractivity (Wildman–Crippen MR) is 65.8 cm³/mol. The van der Waals surface area contributed by atoms with E-state index < -0.39 is 0 Å². The van der Waals surface area contributed by atoms with Gasteiger partial charge in [-0.15, -0.1) is 0 Å². The van der Waals surface area contributed by atoms with Gasteiger partial charge in [0.15, 0.2) is 0 Å². The third kappa shape index (κ3) is 2.80. The fourth-order valence-corrected chi connectivity index (χ4v) is 2.42. The zero-order valence-corrected chi connectivity index (χ0v) is 9.97. The second kappa shape index (κ2) is 5.41. The number of nitrogens with zero attached hydrogens (tertiary/aromatic N) is 2. The Morgan fingerprint density at radius 2 is 2.19 bits per heavy atom. The highest BCUT2D eigenvalue weighted by molar-refractivity contribution is 5.09. The summed E-state index contributed by atoms with van der Waals surface area (Å²) in [7, 11) is 0. The summed E-state index contributed by atoms with van der Waals surface area (Å²) in [5.41, 5.74) is 7.16. The third-order valence-corrected chi connectivity index (χ3v) is 3.66. The molecule has 2 atom stereocenters. The van der Waals surface area contributed by atoms with Crippen LogP contribution in [0.1, 0.15) is 18.9 Å². The molecule has 2 N–H and O–H groups in total. The van der Waals surface area contributed by atoms with E-state index in [2.05, 4.69) is 28.9 Å². The molecule has 3 heteroatoms. The quantitative estimate of drug-likeness (QED) is 0.837. The average Bonchev–Trinajstić information content (AvgIpc) is 2.33.